The van der Waals surface area contributed by atoms with Gasteiger partial charge in [-0.1, -0.05) is 36.8 Å². The largest absolute Gasteiger partial charge is 0.379 e. The molecule has 1 aromatic rings. The van der Waals surface area contributed by atoms with Gasteiger partial charge in [-0.2, -0.15) is 0 Å². The first-order chi connectivity index (χ1) is 14.3. The van der Waals surface area contributed by atoms with Crippen LogP contribution in [0.4, 0.5) is 0 Å². The van der Waals surface area contributed by atoms with Crippen LogP contribution < -0.4 is 10.0 Å². The minimum atomic E-state index is -3.64. The Bertz CT molecular complexity index is 800. The summed E-state index contributed by atoms with van der Waals surface area (Å²) in [6, 6.07) is 8.18. The van der Waals surface area contributed by atoms with Crippen molar-refractivity contribution in [3.63, 3.8) is 0 Å². The zero-order valence-corrected chi connectivity index (χ0v) is 18.9. The predicted molar refractivity (Wildman–Crippen MR) is 118 cm³/mol. The Labute approximate surface area is 180 Å². The monoisotopic (exact) mass is 437 g/mol. The summed E-state index contributed by atoms with van der Waals surface area (Å²) in [5.41, 5.74) is 2.28. The maximum atomic E-state index is 12.5. The van der Waals surface area contributed by atoms with Crippen LogP contribution in [-0.4, -0.2) is 63.9 Å². The highest BCUT2D eigenvalue weighted by atomic mass is 32.2. The third-order valence-electron chi connectivity index (χ3n) is 6.09. The van der Waals surface area contributed by atoms with Gasteiger partial charge in [0.2, 0.25) is 15.9 Å². The van der Waals surface area contributed by atoms with E-state index >= 15 is 0 Å². The van der Waals surface area contributed by atoms with Crippen LogP contribution in [0.2, 0.25) is 0 Å². The van der Waals surface area contributed by atoms with Gasteiger partial charge in [0, 0.05) is 25.7 Å². The van der Waals surface area contributed by atoms with E-state index in [0.29, 0.717) is 25.7 Å². The number of carbonyl (C=O) groups is 1. The van der Waals surface area contributed by atoms with Crippen molar-refractivity contribution < 1.29 is 17.9 Å². The van der Waals surface area contributed by atoms with Crippen LogP contribution in [0.15, 0.2) is 24.3 Å². The van der Waals surface area contributed by atoms with Gasteiger partial charge in [0.05, 0.1) is 19.3 Å². The molecule has 7 nitrogen and oxygen atoms in total. The number of hydrogen-bond acceptors (Lipinski definition) is 5. The number of carbonyl (C=O) groups excluding carboxylic acids is 1. The normalized spacial score (nSPS) is 24.3. The van der Waals surface area contributed by atoms with Gasteiger partial charge in [0.1, 0.15) is 5.75 Å². The van der Waals surface area contributed by atoms with Gasteiger partial charge in [-0.25, -0.2) is 13.1 Å². The van der Waals surface area contributed by atoms with E-state index in [1.807, 2.05) is 19.1 Å². The van der Waals surface area contributed by atoms with E-state index in [9.17, 15) is 13.2 Å². The number of nitrogens with one attached hydrogen (secondary N) is 2. The first kappa shape index (κ1) is 23.2. The van der Waals surface area contributed by atoms with Crippen LogP contribution in [0.3, 0.4) is 0 Å². The van der Waals surface area contributed by atoms with Crippen LogP contribution in [-0.2, 0) is 19.6 Å². The van der Waals surface area contributed by atoms with Crippen molar-refractivity contribution in [2.75, 3.05) is 38.6 Å². The molecule has 30 heavy (non-hydrogen) atoms. The lowest BCUT2D eigenvalue weighted by Crippen LogP contribution is -2.46. The lowest BCUT2D eigenvalue weighted by Gasteiger charge is -2.35. The molecule has 0 aromatic heterocycles. The average Bonchev–Trinajstić information content (AvgIpc) is 2.70. The smallest absolute Gasteiger partial charge is 0.236 e. The highest BCUT2D eigenvalue weighted by Crippen LogP contribution is 2.24. The van der Waals surface area contributed by atoms with Crippen molar-refractivity contribution in [3.05, 3.63) is 35.4 Å². The topological polar surface area (TPSA) is 87.7 Å². The summed E-state index contributed by atoms with van der Waals surface area (Å²) in [7, 11) is -3.64. The molecule has 8 heteroatoms. The number of sulfonamides is 1. The summed E-state index contributed by atoms with van der Waals surface area (Å²) in [6.07, 6.45) is 3.73. The highest BCUT2D eigenvalue weighted by molar-refractivity contribution is 7.90. The quantitative estimate of drug-likeness (QED) is 0.649. The molecule has 2 N–H and O–H groups in total. The fourth-order valence-electron chi connectivity index (χ4n) is 4.33. The molecule has 1 atom stereocenters. The Morgan fingerprint density at radius 3 is 2.57 bits per heavy atom. The molecule has 1 amide bonds. The summed E-state index contributed by atoms with van der Waals surface area (Å²) in [5.74, 6) is -0.340. The van der Waals surface area contributed by atoms with E-state index in [1.54, 1.807) is 0 Å². The Balaban J connectivity index is 1.57. The average molecular weight is 438 g/mol. The molecule has 1 aliphatic carbocycles. The van der Waals surface area contributed by atoms with Gasteiger partial charge < -0.3 is 10.1 Å². The second-order valence-electron chi connectivity index (χ2n) is 8.72. The van der Waals surface area contributed by atoms with Crippen molar-refractivity contribution >= 4 is 15.9 Å². The second kappa shape index (κ2) is 10.7. The van der Waals surface area contributed by atoms with Gasteiger partial charge in [-0.3, -0.25) is 9.69 Å². The molecule has 0 spiro atoms. The zero-order valence-electron chi connectivity index (χ0n) is 18.1. The lowest BCUT2D eigenvalue weighted by atomic mass is 9.88. The first-order valence-corrected chi connectivity index (χ1v) is 12.6. The van der Waals surface area contributed by atoms with Crippen molar-refractivity contribution in [3.8, 4) is 0 Å². The van der Waals surface area contributed by atoms with Crippen molar-refractivity contribution in [2.45, 2.75) is 51.6 Å². The maximum Gasteiger partial charge on any atom is 0.236 e. The van der Waals surface area contributed by atoms with E-state index in [0.717, 1.165) is 49.9 Å². The Kier molecular flexibility index (Phi) is 8.27. The number of nitrogens with zero attached hydrogens (tertiary/aromatic N) is 1. The molecule has 2 fully saturated rings. The predicted octanol–water partition coefficient (Wildman–Crippen LogP) is 1.98. The molecule has 1 saturated carbocycles. The molecule has 1 saturated heterocycles. The van der Waals surface area contributed by atoms with Crippen LogP contribution in [0, 0.1) is 12.8 Å². The van der Waals surface area contributed by atoms with Gasteiger partial charge in [-0.15, -0.1) is 0 Å². The zero-order chi connectivity index (χ0) is 21.6. The fraction of sp³-hybridized carbons (Fsp3) is 0.682. The van der Waals surface area contributed by atoms with Gasteiger partial charge >= 0.3 is 0 Å². The van der Waals surface area contributed by atoms with Crippen molar-refractivity contribution in [2.24, 2.45) is 5.92 Å². The lowest BCUT2D eigenvalue weighted by molar-refractivity contribution is -0.119. The molecule has 0 radical (unpaired) electrons. The second-order valence-corrected chi connectivity index (χ2v) is 10.5. The number of hydrogen-bond donors (Lipinski definition) is 2. The van der Waals surface area contributed by atoms with Crippen LogP contribution >= 0.6 is 0 Å². The highest BCUT2D eigenvalue weighted by Gasteiger charge is 2.27. The van der Waals surface area contributed by atoms with E-state index in [1.165, 1.54) is 0 Å². The molecule has 0 bridgehead atoms. The summed E-state index contributed by atoms with van der Waals surface area (Å²) in [6.45, 7) is 7.50. The molecular formula is C22H35N3O4S. The summed E-state index contributed by atoms with van der Waals surface area (Å²) in [4.78, 5) is 14.8. The minimum absolute atomic E-state index is 0.00625. The molecule has 1 aliphatic heterocycles. The van der Waals surface area contributed by atoms with Crippen LogP contribution in [0.5, 0.6) is 0 Å². The Hall–Kier alpha value is -1.48. The minimum Gasteiger partial charge on any atom is -0.379 e. The summed E-state index contributed by atoms with van der Waals surface area (Å²) in [5, 5.41) is 2.86. The maximum absolute atomic E-state index is 12.5. The SMILES string of the molecule is Cc1cccc([C@H](CNC(=O)CS(=O)(=O)NC2CCC(C)CC2)N2CCOCC2)c1. The molecule has 1 aromatic carbocycles. The molecule has 168 valence electrons. The molecular weight excluding hydrogens is 402 g/mol. The third-order valence-corrected chi connectivity index (χ3v) is 7.42. The number of rotatable bonds is 8. The Morgan fingerprint density at radius 2 is 1.90 bits per heavy atom. The van der Waals surface area contributed by atoms with Gasteiger partial charge in [0.25, 0.3) is 0 Å². The van der Waals surface area contributed by atoms with E-state index in [4.69, 9.17) is 4.74 Å². The number of benzene rings is 1. The molecule has 2 aliphatic rings. The number of morpholine rings is 1. The summed E-state index contributed by atoms with van der Waals surface area (Å²) < 4.78 is 33.1. The molecule has 3 rings (SSSR count). The van der Waals surface area contributed by atoms with E-state index in [2.05, 4.69) is 34.0 Å². The standard InChI is InChI=1S/C22H35N3O4S/c1-17-6-8-20(9-7-17)24-30(27,28)16-22(26)23-15-21(25-10-12-29-13-11-25)19-5-3-4-18(2)14-19/h3-5,14,17,20-21,24H,6-13,15-16H2,1-2H3,(H,23,26)/t17?,20?,21-/m0/s1. The number of ether oxygens (including phenoxy) is 1. The van der Waals surface area contributed by atoms with Gasteiger partial charge in [-0.05, 0) is 44.1 Å². The van der Waals surface area contributed by atoms with Crippen molar-refractivity contribution in [1.29, 1.82) is 0 Å². The Morgan fingerprint density at radius 1 is 1.20 bits per heavy atom. The fourth-order valence-corrected chi connectivity index (χ4v) is 5.61. The number of amides is 1. The van der Waals surface area contributed by atoms with Crippen molar-refractivity contribution in [1.82, 2.24) is 14.9 Å². The van der Waals surface area contributed by atoms with Crippen LogP contribution in [0.1, 0.15) is 49.8 Å². The third kappa shape index (κ3) is 7.04. The molecule has 0 unspecified atom stereocenters. The first-order valence-electron chi connectivity index (χ1n) is 11.0. The van der Waals surface area contributed by atoms with E-state index in [-0.39, 0.29) is 12.1 Å². The van der Waals surface area contributed by atoms with Gasteiger partial charge in [0.15, 0.2) is 0 Å². The molecule has 1 heterocycles. The van der Waals surface area contributed by atoms with Crippen LogP contribution in [0.25, 0.3) is 0 Å². The number of aryl methyl sites for hydroxylation is 1. The summed E-state index contributed by atoms with van der Waals surface area (Å²) >= 11 is 0. The van der Waals surface area contributed by atoms with E-state index < -0.39 is 21.7 Å².